The van der Waals surface area contributed by atoms with Gasteiger partial charge in [-0.15, -0.1) is 0 Å². The second-order valence-corrected chi connectivity index (χ2v) is 11.0. The Bertz CT molecular complexity index is 1370. The van der Waals surface area contributed by atoms with Gasteiger partial charge in [-0.3, -0.25) is 24.1 Å². The number of carbonyl (C=O) groups is 4. The number of hydrogen-bond acceptors (Lipinski definition) is 6. The molecule has 212 valence electrons. The second kappa shape index (κ2) is 13.0. The molecular weight excluding hydrogens is 528 g/mol. The molecule has 10 heteroatoms. The molecule has 0 spiro atoms. The Morgan fingerprint density at radius 2 is 1.75 bits per heavy atom. The molecule has 2 atom stereocenters. The number of ether oxygens (including phenoxy) is 1. The van der Waals surface area contributed by atoms with Crippen molar-refractivity contribution < 1.29 is 23.9 Å². The fourth-order valence-corrected chi connectivity index (χ4v) is 5.19. The molecule has 1 aromatic heterocycles. The average molecular weight is 565 g/mol. The van der Waals surface area contributed by atoms with E-state index in [0.717, 1.165) is 22.2 Å². The van der Waals surface area contributed by atoms with Crippen LogP contribution in [-0.2, 0) is 16.0 Å². The lowest BCUT2D eigenvalue weighted by molar-refractivity contribution is -0.129. The van der Waals surface area contributed by atoms with Gasteiger partial charge in [0.15, 0.2) is 0 Å². The molecule has 2 heterocycles. The van der Waals surface area contributed by atoms with Gasteiger partial charge in [0.1, 0.15) is 11.8 Å². The maximum absolute atomic E-state index is 13.0. The highest BCUT2D eigenvalue weighted by atomic mass is 32.1. The molecule has 0 saturated carbocycles. The number of hydrogen-bond donors (Lipinski definition) is 4. The van der Waals surface area contributed by atoms with Gasteiger partial charge in [0, 0.05) is 36.3 Å². The first-order valence-electron chi connectivity index (χ1n) is 13.5. The first-order valence-corrected chi connectivity index (χ1v) is 14.1. The smallest absolute Gasteiger partial charge is 0.261 e. The molecule has 9 nitrogen and oxygen atoms in total. The maximum Gasteiger partial charge on any atom is 0.261 e. The number of rotatable bonds is 13. The van der Waals surface area contributed by atoms with Crippen molar-refractivity contribution in [3.05, 3.63) is 65.4 Å². The van der Waals surface area contributed by atoms with Crippen LogP contribution in [0.4, 0.5) is 0 Å². The van der Waals surface area contributed by atoms with Crippen molar-refractivity contribution in [2.45, 2.75) is 50.8 Å². The van der Waals surface area contributed by atoms with E-state index in [1.165, 1.54) is 4.90 Å². The van der Waals surface area contributed by atoms with Crippen LogP contribution >= 0.6 is 12.6 Å². The number of methoxy groups -OCH3 is 1. The van der Waals surface area contributed by atoms with Crippen molar-refractivity contribution in [2.24, 2.45) is 5.92 Å². The van der Waals surface area contributed by atoms with Crippen molar-refractivity contribution >= 4 is 47.2 Å². The van der Waals surface area contributed by atoms with Crippen LogP contribution in [0.2, 0.25) is 0 Å². The average Bonchev–Trinajstić information content (AvgIpc) is 3.45. The van der Waals surface area contributed by atoms with Crippen LogP contribution in [0.25, 0.3) is 10.9 Å². The van der Waals surface area contributed by atoms with Crippen LogP contribution in [0.15, 0.2) is 48.7 Å². The Morgan fingerprint density at radius 1 is 1.05 bits per heavy atom. The highest BCUT2D eigenvalue weighted by Gasteiger charge is 2.34. The van der Waals surface area contributed by atoms with E-state index < -0.39 is 11.3 Å². The summed E-state index contributed by atoms with van der Waals surface area (Å²) in [5, 5.41) is 6.20. The van der Waals surface area contributed by atoms with E-state index >= 15 is 0 Å². The molecule has 1 aliphatic rings. The number of imide groups is 1. The lowest BCUT2D eigenvalue weighted by Gasteiger charge is -2.22. The topological polar surface area (TPSA) is 121 Å². The number of H-pyrrole nitrogens is 1. The summed E-state index contributed by atoms with van der Waals surface area (Å²) in [7, 11) is 1.63. The minimum Gasteiger partial charge on any atom is -0.497 e. The minimum absolute atomic E-state index is 0.187. The molecule has 0 saturated heterocycles. The van der Waals surface area contributed by atoms with Gasteiger partial charge < -0.3 is 20.4 Å². The molecule has 1 aliphatic heterocycles. The summed E-state index contributed by atoms with van der Waals surface area (Å²) in [5.74, 6) is -0.268. The normalized spacial score (nSPS) is 14.4. The quantitative estimate of drug-likeness (QED) is 0.186. The van der Waals surface area contributed by atoms with E-state index in [1.807, 2.05) is 38.2 Å². The molecule has 2 aromatic carbocycles. The van der Waals surface area contributed by atoms with E-state index in [9.17, 15) is 19.2 Å². The Balaban J connectivity index is 1.26. The van der Waals surface area contributed by atoms with Crippen LogP contribution in [0.1, 0.15) is 59.4 Å². The lowest BCUT2D eigenvalue weighted by atomic mass is 10.0. The first-order chi connectivity index (χ1) is 19.2. The molecule has 0 bridgehead atoms. The summed E-state index contributed by atoms with van der Waals surface area (Å²) >= 11 is 4.44. The molecular formula is C30H36N4O5S. The fourth-order valence-electron chi connectivity index (χ4n) is 4.93. The predicted molar refractivity (Wildman–Crippen MR) is 157 cm³/mol. The Kier molecular flexibility index (Phi) is 9.52. The standard InChI is InChI=1S/C30H36N4O5S/c1-18(2)15-25(27(35)31-13-12-19-17-32-24-16-20(39-3)10-11-21(19)24)33-28(36)26(40)9-6-14-34-29(37)22-7-4-5-8-23(22)30(34)38/h4-5,7-8,10-11,16-18,25-26,32,40H,6,9,12-15H2,1-3H3,(H,31,35)(H,33,36)/t25-,26?/m0/s1. The fraction of sp³-hybridized carbons (Fsp3) is 0.400. The number of carbonyl (C=O) groups excluding carboxylic acids is 4. The molecule has 0 radical (unpaired) electrons. The summed E-state index contributed by atoms with van der Waals surface area (Å²) in [6.07, 6.45) is 3.82. The third-order valence-electron chi connectivity index (χ3n) is 7.05. The van der Waals surface area contributed by atoms with Crippen LogP contribution in [0.5, 0.6) is 5.75 Å². The predicted octanol–water partition coefficient (Wildman–Crippen LogP) is 3.74. The zero-order valence-corrected chi connectivity index (χ0v) is 23.9. The van der Waals surface area contributed by atoms with Crippen molar-refractivity contribution in [2.75, 3.05) is 20.2 Å². The van der Waals surface area contributed by atoms with Gasteiger partial charge in [0.2, 0.25) is 11.8 Å². The molecule has 3 aromatic rings. The minimum atomic E-state index is -0.689. The zero-order chi connectivity index (χ0) is 28.8. The number of amides is 4. The highest BCUT2D eigenvalue weighted by molar-refractivity contribution is 7.81. The van der Waals surface area contributed by atoms with Gasteiger partial charge in [-0.05, 0) is 61.4 Å². The van der Waals surface area contributed by atoms with E-state index in [4.69, 9.17) is 4.74 Å². The Hall–Kier alpha value is -3.79. The molecule has 1 unspecified atom stereocenters. The van der Waals surface area contributed by atoms with E-state index in [-0.39, 0.29) is 36.1 Å². The van der Waals surface area contributed by atoms with Crippen LogP contribution in [0, 0.1) is 5.92 Å². The van der Waals surface area contributed by atoms with Crippen LogP contribution < -0.4 is 15.4 Å². The Labute approximate surface area is 239 Å². The number of aromatic nitrogens is 1. The zero-order valence-electron chi connectivity index (χ0n) is 23.0. The monoisotopic (exact) mass is 564 g/mol. The Morgan fingerprint density at radius 3 is 2.40 bits per heavy atom. The van der Waals surface area contributed by atoms with Gasteiger partial charge >= 0.3 is 0 Å². The van der Waals surface area contributed by atoms with Gasteiger partial charge in [-0.25, -0.2) is 0 Å². The summed E-state index contributed by atoms with van der Waals surface area (Å²) in [6, 6.07) is 11.9. The van der Waals surface area contributed by atoms with Crippen molar-refractivity contribution in [3.8, 4) is 5.75 Å². The largest absolute Gasteiger partial charge is 0.497 e. The van der Waals surface area contributed by atoms with Crippen LogP contribution in [-0.4, -0.2) is 65.0 Å². The third kappa shape index (κ3) is 6.67. The van der Waals surface area contributed by atoms with E-state index in [1.54, 1.807) is 31.4 Å². The molecule has 0 aliphatic carbocycles. The van der Waals surface area contributed by atoms with Gasteiger partial charge in [-0.1, -0.05) is 26.0 Å². The number of benzene rings is 2. The van der Waals surface area contributed by atoms with Crippen molar-refractivity contribution in [1.82, 2.24) is 20.5 Å². The molecule has 40 heavy (non-hydrogen) atoms. The lowest BCUT2D eigenvalue weighted by Crippen LogP contribution is -2.49. The van der Waals surface area contributed by atoms with E-state index in [2.05, 4.69) is 28.2 Å². The second-order valence-electron chi connectivity index (χ2n) is 10.4. The molecule has 3 N–H and O–H groups in total. The highest BCUT2D eigenvalue weighted by Crippen LogP contribution is 2.24. The van der Waals surface area contributed by atoms with E-state index in [0.29, 0.717) is 43.4 Å². The number of aromatic amines is 1. The molecule has 0 fully saturated rings. The molecule has 4 rings (SSSR count). The summed E-state index contributed by atoms with van der Waals surface area (Å²) in [6.45, 7) is 4.61. The number of nitrogens with one attached hydrogen (secondary N) is 3. The van der Waals surface area contributed by atoms with Crippen LogP contribution in [0.3, 0.4) is 0 Å². The van der Waals surface area contributed by atoms with Gasteiger partial charge in [0.25, 0.3) is 11.8 Å². The first kappa shape index (κ1) is 29.2. The number of nitrogens with zero attached hydrogens (tertiary/aromatic N) is 1. The van der Waals surface area contributed by atoms with Crippen molar-refractivity contribution in [3.63, 3.8) is 0 Å². The summed E-state index contributed by atoms with van der Waals surface area (Å²) in [5.41, 5.74) is 2.85. The number of fused-ring (bicyclic) bond motifs is 2. The summed E-state index contributed by atoms with van der Waals surface area (Å²) in [4.78, 5) is 55.5. The number of thiol groups is 1. The van der Waals surface area contributed by atoms with Crippen molar-refractivity contribution in [1.29, 1.82) is 0 Å². The molecule has 4 amide bonds. The van der Waals surface area contributed by atoms with Gasteiger partial charge in [-0.2, -0.15) is 12.6 Å². The SMILES string of the molecule is COc1ccc2c(CCNC(=O)[C@H](CC(C)C)NC(=O)C(S)CCCN3C(=O)c4ccccc4C3=O)c[nH]c2c1. The third-order valence-corrected chi connectivity index (χ3v) is 7.54. The van der Waals surface area contributed by atoms with Gasteiger partial charge in [0.05, 0.1) is 23.5 Å². The maximum atomic E-state index is 13.0. The summed E-state index contributed by atoms with van der Waals surface area (Å²) < 4.78 is 5.27.